The van der Waals surface area contributed by atoms with Gasteiger partial charge < -0.3 is 9.31 Å². The summed E-state index contributed by atoms with van der Waals surface area (Å²) in [5.74, 6) is 0.567. The third kappa shape index (κ3) is 2.17. The molecule has 2 aliphatic rings. The molecule has 0 aromatic carbocycles. The Hall–Kier alpha value is -0.935. The predicted octanol–water partition coefficient (Wildman–Crippen LogP) is 2.22. The first-order chi connectivity index (χ1) is 9.36. The maximum atomic E-state index is 6.21. The molecule has 1 saturated heterocycles. The predicted molar refractivity (Wildman–Crippen MR) is 79.1 cm³/mol. The summed E-state index contributed by atoms with van der Waals surface area (Å²) in [6.07, 6.45) is 4.99. The maximum absolute atomic E-state index is 6.21. The van der Waals surface area contributed by atoms with Crippen LogP contribution < -0.4 is 5.46 Å². The number of hydrogen-bond donors (Lipinski definition) is 0. The highest BCUT2D eigenvalue weighted by atomic mass is 16.7. The average molecular weight is 274 g/mol. The van der Waals surface area contributed by atoms with E-state index >= 15 is 0 Å². The van der Waals surface area contributed by atoms with E-state index in [0.717, 1.165) is 23.3 Å². The standard InChI is InChI=1S/C15H23BN2O2/c1-6-11-12(13(10-7-8-10)18-9-17-11)16-19-14(2,3)15(4,5)20-16/h9-10H,6-8H2,1-5H3. The smallest absolute Gasteiger partial charge is 0.399 e. The van der Waals surface area contributed by atoms with Crippen LogP contribution in [0.3, 0.4) is 0 Å². The molecule has 0 atom stereocenters. The van der Waals surface area contributed by atoms with Crippen molar-refractivity contribution < 1.29 is 9.31 Å². The summed E-state index contributed by atoms with van der Waals surface area (Å²) < 4.78 is 12.4. The Morgan fingerprint density at radius 3 is 2.25 bits per heavy atom. The molecule has 0 spiro atoms. The van der Waals surface area contributed by atoms with Crippen LogP contribution in [0.1, 0.15) is 64.8 Å². The first-order valence-corrected chi connectivity index (χ1v) is 7.55. The summed E-state index contributed by atoms with van der Waals surface area (Å²) >= 11 is 0. The van der Waals surface area contributed by atoms with Gasteiger partial charge in [0.1, 0.15) is 6.33 Å². The van der Waals surface area contributed by atoms with Gasteiger partial charge in [-0.2, -0.15) is 0 Å². The topological polar surface area (TPSA) is 44.2 Å². The fourth-order valence-electron chi connectivity index (χ4n) is 2.63. The molecule has 4 nitrogen and oxygen atoms in total. The Bertz CT molecular complexity index is 511. The van der Waals surface area contributed by atoms with Crippen LogP contribution in [0.5, 0.6) is 0 Å². The van der Waals surface area contributed by atoms with Crippen LogP contribution >= 0.6 is 0 Å². The third-order valence-electron chi connectivity index (χ3n) is 4.79. The lowest BCUT2D eigenvalue weighted by atomic mass is 9.75. The average Bonchev–Trinajstić information content (AvgIpc) is 3.17. The normalized spacial score (nSPS) is 24.1. The zero-order valence-electron chi connectivity index (χ0n) is 13.1. The first kappa shape index (κ1) is 14.0. The molecule has 108 valence electrons. The molecule has 0 radical (unpaired) electrons. The van der Waals surface area contributed by atoms with Crippen molar-refractivity contribution in [2.24, 2.45) is 0 Å². The van der Waals surface area contributed by atoms with Gasteiger partial charge in [0, 0.05) is 22.8 Å². The molecular formula is C15H23BN2O2. The van der Waals surface area contributed by atoms with Gasteiger partial charge in [-0.1, -0.05) is 6.92 Å². The molecule has 0 unspecified atom stereocenters. The van der Waals surface area contributed by atoms with Crippen molar-refractivity contribution in [3.8, 4) is 0 Å². The van der Waals surface area contributed by atoms with Gasteiger partial charge in [0.15, 0.2) is 0 Å². The van der Waals surface area contributed by atoms with Crippen molar-refractivity contribution in [1.82, 2.24) is 9.97 Å². The van der Waals surface area contributed by atoms with Gasteiger partial charge in [-0.25, -0.2) is 9.97 Å². The van der Waals surface area contributed by atoms with Gasteiger partial charge in [0.05, 0.1) is 11.2 Å². The lowest BCUT2D eigenvalue weighted by Crippen LogP contribution is -2.41. The summed E-state index contributed by atoms with van der Waals surface area (Å²) in [5, 5.41) is 0. The molecule has 1 aliphatic carbocycles. The van der Waals surface area contributed by atoms with Crippen LogP contribution in [0, 0.1) is 0 Å². The van der Waals surface area contributed by atoms with E-state index in [0.29, 0.717) is 5.92 Å². The fourth-order valence-corrected chi connectivity index (χ4v) is 2.63. The zero-order chi connectivity index (χ0) is 14.5. The van der Waals surface area contributed by atoms with E-state index in [1.54, 1.807) is 6.33 Å². The van der Waals surface area contributed by atoms with Crippen LogP contribution in [0.15, 0.2) is 6.33 Å². The van der Waals surface area contributed by atoms with Crippen molar-refractivity contribution in [1.29, 1.82) is 0 Å². The van der Waals surface area contributed by atoms with E-state index in [1.807, 2.05) is 0 Å². The van der Waals surface area contributed by atoms with Crippen LogP contribution in [0.2, 0.25) is 0 Å². The molecule has 0 N–H and O–H groups in total. The molecule has 0 bridgehead atoms. The molecule has 1 aromatic heterocycles. The monoisotopic (exact) mass is 274 g/mol. The van der Waals surface area contributed by atoms with E-state index in [9.17, 15) is 0 Å². The van der Waals surface area contributed by atoms with Crippen LogP contribution in [0.4, 0.5) is 0 Å². The molecule has 20 heavy (non-hydrogen) atoms. The lowest BCUT2D eigenvalue weighted by molar-refractivity contribution is 0.00578. The second-order valence-electron chi connectivity index (χ2n) is 6.84. The Balaban J connectivity index is 2.02. The zero-order valence-corrected chi connectivity index (χ0v) is 13.1. The van der Waals surface area contributed by atoms with Crippen LogP contribution in [-0.4, -0.2) is 28.3 Å². The highest BCUT2D eigenvalue weighted by molar-refractivity contribution is 6.63. The van der Waals surface area contributed by atoms with E-state index in [4.69, 9.17) is 9.31 Å². The Labute approximate surface area is 121 Å². The Kier molecular flexibility index (Phi) is 3.18. The fraction of sp³-hybridized carbons (Fsp3) is 0.733. The Morgan fingerprint density at radius 1 is 1.15 bits per heavy atom. The highest BCUT2D eigenvalue weighted by Crippen LogP contribution is 2.41. The number of nitrogens with zero attached hydrogens (tertiary/aromatic N) is 2. The summed E-state index contributed by atoms with van der Waals surface area (Å²) in [6.45, 7) is 10.4. The largest absolute Gasteiger partial charge is 0.498 e. The molecule has 2 fully saturated rings. The second kappa shape index (κ2) is 4.53. The molecule has 0 amide bonds. The third-order valence-corrected chi connectivity index (χ3v) is 4.79. The van der Waals surface area contributed by atoms with Crippen LogP contribution in [0.25, 0.3) is 0 Å². The highest BCUT2D eigenvalue weighted by Gasteiger charge is 2.53. The second-order valence-corrected chi connectivity index (χ2v) is 6.84. The maximum Gasteiger partial charge on any atom is 0.498 e. The van der Waals surface area contributed by atoms with Crippen molar-refractivity contribution in [2.45, 2.75) is 71.0 Å². The number of aromatic nitrogens is 2. The van der Waals surface area contributed by atoms with E-state index in [-0.39, 0.29) is 18.3 Å². The minimum Gasteiger partial charge on any atom is -0.399 e. The van der Waals surface area contributed by atoms with Gasteiger partial charge in [-0.15, -0.1) is 0 Å². The van der Waals surface area contributed by atoms with Gasteiger partial charge in [-0.3, -0.25) is 0 Å². The number of hydrogen-bond acceptors (Lipinski definition) is 4. The van der Waals surface area contributed by atoms with Crippen molar-refractivity contribution in [3.63, 3.8) is 0 Å². The SMILES string of the molecule is CCc1ncnc(C2CC2)c1B1OC(C)(C)C(C)(C)O1. The first-order valence-electron chi connectivity index (χ1n) is 7.55. The van der Waals surface area contributed by atoms with Gasteiger partial charge in [-0.05, 0) is 47.0 Å². The molecular weight excluding hydrogens is 251 g/mol. The quantitative estimate of drug-likeness (QED) is 0.793. The minimum absolute atomic E-state index is 0.320. The number of rotatable bonds is 3. The molecule has 5 heteroatoms. The van der Waals surface area contributed by atoms with Gasteiger partial charge in [0.25, 0.3) is 0 Å². The number of aryl methyl sites for hydroxylation is 1. The lowest BCUT2D eigenvalue weighted by Gasteiger charge is -2.32. The minimum atomic E-state index is -0.341. The van der Waals surface area contributed by atoms with E-state index in [2.05, 4.69) is 44.6 Å². The van der Waals surface area contributed by atoms with Crippen LogP contribution in [-0.2, 0) is 15.7 Å². The molecule has 1 saturated carbocycles. The van der Waals surface area contributed by atoms with Gasteiger partial charge in [0.2, 0.25) is 0 Å². The molecule has 3 rings (SSSR count). The van der Waals surface area contributed by atoms with Crippen molar-refractivity contribution >= 4 is 12.6 Å². The molecule has 1 aliphatic heterocycles. The van der Waals surface area contributed by atoms with Crippen molar-refractivity contribution in [3.05, 3.63) is 17.7 Å². The summed E-state index contributed by atoms with van der Waals surface area (Å²) in [6, 6.07) is 0. The van der Waals surface area contributed by atoms with E-state index < -0.39 is 0 Å². The molecule has 2 heterocycles. The summed E-state index contributed by atoms with van der Waals surface area (Å²) in [7, 11) is -0.341. The summed E-state index contributed by atoms with van der Waals surface area (Å²) in [5.41, 5.74) is 2.63. The van der Waals surface area contributed by atoms with Gasteiger partial charge >= 0.3 is 7.12 Å². The van der Waals surface area contributed by atoms with E-state index in [1.165, 1.54) is 12.8 Å². The summed E-state index contributed by atoms with van der Waals surface area (Å²) in [4.78, 5) is 8.96. The van der Waals surface area contributed by atoms with Crippen molar-refractivity contribution in [2.75, 3.05) is 0 Å². The Morgan fingerprint density at radius 2 is 1.75 bits per heavy atom. The molecule has 1 aromatic rings.